The minimum Gasteiger partial charge on any atom is -0.497 e. The van der Waals surface area contributed by atoms with Crippen LogP contribution >= 0.6 is 23.1 Å². The predicted molar refractivity (Wildman–Crippen MR) is 91.9 cm³/mol. The van der Waals surface area contributed by atoms with Crippen molar-refractivity contribution < 1.29 is 19.1 Å². The van der Waals surface area contributed by atoms with Gasteiger partial charge >= 0.3 is 5.97 Å². The minimum atomic E-state index is -0.491. The van der Waals surface area contributed by atoms with E-state index in [4.69, 9.17) is 4.74 Å². The van der Waals surface area contributed by atoms with Gasteiger partial charge in [-0.1, -0.05) is 23.1 Å². The molecule has 0 saturated heterocycles. The van der Waals surface area contributed by atoms with Crippen molar-refractivity contribution in [2.75, 3.05) is 31.8 Å². The Morgan fingerprint density at radius 3 is 2.62 bits per heavy atom. The lowest BCUT2D eigenvalue weighted by molar-refractivity contribution is -0.140. The standard InChI is InChI=1S/C14H16N4O4S2/c1-21-10-5-3-9(4-6-10)16-13-17-18-14(24-13)23-8-11(19)15-7-12(20)22-2/h3-6H,7-8H2,1-2H3,(H,15,19)(H,16,17). The van der Waals surface area contributed by atoms with Crippen LogP contribution < -0.4 is 15.4 Å². The van der Waals surface area contributed by atoms with Gasteiger partial charge in [0.2, 0.25) is 11.0 Å². The Kier molecular flexibility index (Phi) is 6.82. The Labute approximate surface area is 146 Å². The monoisotopic (exact) mass is 368 g/mol. The van der Waals surface area contributed by atoms with Crippen molar-refractivity contribution in [2.45, 2.75) is 4.34 Å². The molecule has 0 aliphatic rings. The number of hydrogen-bond acceptors (Lipinski definition) is 9. The number of amides is 1. The van der Waals surface area contributed by atoms with Crippen molar-refractivity contribution in [1.82, 2.24) is 15.5 Å². The Balaban J connectivity index is 1.80. The third kappa shape index (κ3) is 5.70. The number of rotatable bonds is 8. The minimum absolute atomic E-state index is 0.143. The number of carbonyl (C=O) groups excluding carboxylic acids is 2. The summed E-state index contributed by atoms with van der Waals surface area (Å²) in [7, 11) is 2.87. The molecule has 2 N–H and O–H groups in total. The summed E-state index contributed by atoms with van der Waals surface area (Å²) in [5.74, 6) is 0.154. The van der Waals surface area contributed by atoms with E-state index >= 15 is 0 Å². The fraction of sp³-hybridized carbons (Fsp3) is 0.286. The Hall–Kier alpha value is -2.33. The molecular formula is C14H16N4O4S2. The van der Waals surface area contributed by atoms with Crippen molar-refractivity contribution in [1.29, 1.82) is 0 Å². The molecule has 2 aromatic rings. The fourth-order valence-electron chi connectivity index (χ4n) is 1.54. The van der Waals surface area contributed by atoms with Gasteiger partial charge in [-0.2, -0.15) is 0 Å². The summed E-state index contributed by atoms with van der Waals surface area (Å²) in [6.07, 6.45) is 0. The maximum absolute atomic E-state index is 11.6. The van der Waals surface area contributed by atoms with Crippen LogP contribution in [0.5, 0.6) is 5.75 Å². The number of nitrogens with one attached hydrogen (secondary N) is 2. The van der Waals surface area contributed by atoms with Gasteiger partial charge < -0.3 is 20.1 Å². The number of anilines is 2. The van der Waals surface area contributed by atoms with Gasteiger partial charge in [0.05, 0.1) is 20.0 Å². The molecule has 1 aromatic carbocycles. The highest BCUT2D eigenvalue weighted by Crippen LogP contribution is 2.28. The lowest BCUT2D eigenvalue weighted by atomic mass is 10.3. The van der Waals surface area contributed by atoms with Crippen LogP contribution in [0.15, 0.2) is 28.6 Å². The largest absolute Gasteiger partial charge is 0.497 e. The zero-order valence-electron chi connectivity index (χ0n) is 13.1. The molecule has 1 heterocycles. The van der Waals surface area contributed by atoms with Crippen molar-refractivity contribution >= 4 is 45.8 Å². The highest BCUT2D eigenvalue weighted by Gasteiger charge is 2.09. The lowest BCUT2D eigenvalue weighted by Gasteiger charge is -2.03. The van der Waals surface area contributed by atoms with Crippen LogP contribution in [0.3, 0.4) is 0 Å². The molecule has 1 amide bonds. The first kappa shape index (κ1) is 18.0. The highest BCUT2D eigenvalue weighted by molar-refractivity contribution is 8.01. The quantitative estimate of drug-likeness (QED) is 0.536. The van der Waals surface area contributed by atoms with Crippen molar-refractivity contribution in [3.63, 3.8) is 0 Å². The molecular weight excluding hydrogens is 352 g/mol. The van der Waals surface area contributed by atoms with Crippen LogP contribution in [-0.4, -0.2) is 48.6 Å². The van der Waals surface area contributed by atoms with E-state index in [0.717, 1.165) is 11.4 Å². The molecule has 0 atom stereocenters. The van der Waals surface area contributed by atoms with Crippen LogP contribution in [0.25, 0.3) is 0 Å². The van der Waals surface area contributed by atoms with Crippen LogP contribution in [0.1, 0.15) is 0 Å². The Bertz CT molecular complexity index is 690. The summed E-state index contributed by atoms with van der Waals surface area (Å²) in [6, 6.07) is 7.41. The highest BCUT2D eigenvalue weighted by atomic mass is 32.2. The van der Waals surface area contributed by atoms with Gasteiger partial charge in [-0.3, -0.25) is 9.59 Å². The molecule has 2 rings (SSSR count). The number of methoxy groups -OCH3 is 2. The molecule has 0 bridgehead atoms. The van der Waals surface area contributed by atoms with Crippen molar-refractivity contribution in [3.05, 3.63) is 24.3 Å². The molecule has 0 aliphatic carbocycles. The second kappa shape index (κ2) is 9.08. The maximum atomic E-state index is 11.6. The van der Waals surface area contributed by atoms with Gasteiger partial charge in [0, 0.05) is 5.69 Å². The summed E-state index contributed by atoms with van der Waals surface area (Å²) in [6.45, 7) is -0.143. The van der Waals surface area contributed by atoms with E-state index in [1.54, 1.807) is 7.11 Å². The molecule has 0 saturated carbocycles. The third-order valence-electron chi connectivity index (χ3n) is 2.73. The first-order chi connectivity index (χ1) is 11.6. The zero-order chi connectivity index (χ0) is 17.4. The van der Waals surface area contributed by atoms with Crippen LogP contribution in [0, 0.1) is 0 Å². The van der Waals surface area contributed by atoms with Gasteiger partial charge in [0.1, 0.15) is 12.3 Å². The van der Waals surface area contributed by atoms with E-state index in [1.807, 2.05) is 24.3 Å². The third-order valence-corrected chi connectivity index (χ3v) is 4.70. The van der Waals surface area contributed by atoms with Crippen LogP contribution in [-0.2, 0) is 14.3 Å². The van der Waals surface area contributed by atoms with Crippen molar-refractivity contribution in [2.24, 2.45) is 0 Å². The zero-order valence-corrected chi connectivity index (χ0v) is 14.7. The molecule has 24 heavy (non-hydrogen) atoms. The summed E-state index contributed by atoms with van der Waals surface area (Å²) in [5, 5.41) is 14.2. The average Bonchev–Trinajstić information content (AvgIpc) is 3.05. The van der Waals surface area contributed by atoms with Gasteiger partial charge in [0.15, 0.2) is 4.34 Å². The summed E-state index contributed by atoms with van der Waals surface area (Å²) in [5.41, 5.74) is 0.860. The first-order valence-corrected chi connectivity index (χ1v) is 8.62. The number of carbonyl (C=O) groups is 2. The Morgan fingerprint density at radius 2 is 1.96 bits per heavy atom. The number of nitrogens with zero attached hydrogens (tertiary/aromatic N) is 2. The number of esters is 1. The van der Waals surface area contributed by atoms with Gasteiger partial charge in [-0.15, -0.1) is 10.2 Å². The molecule has 8 nitrogen and oxygen atoms in total. The molecule has 0 fully saturated rings. The van der Waals surface area contributed by atoms with E-state index in [1.165, 1.54) is 30.2 Å². The second-order valence-corrected chi connectivity index (χ2v) is 6.57. The van der Waals surface area contributed by atoms with E-state index < -0.39 is 5.97 Å². The summed E-state index contributed by atoms with van der Waals surface area (Å²) in [4.78, 5) is 22.5. The summed E-state index contributed by atoms with van der Waals surface area (Å²) < 4.78 is 10.2. The number of ether oxygens (including phenoxy) is 2. The lowest BCUT2D eigenvalue weighted by Crippen LogP contribution is -2.31. The van der Waals surface area contributed by atoms with E-state index in [2.05, 4.69) is 25.6 Å². The van der Waals surface area contributed by atoms with Gasteiger partial charge in [-0.25, -0.2) is 0 Å². The summed E-state index contributed by atoms with van der Waals surface area (Å²) >= 11 is 2.58. The van der Waals surface area contributed by atoms with E-state index in [9.17, 15) is 9.59 Å². The van der Waals surface area contributed by atoms with Gasteiger partial charge in [-0.05, 0) is 24.3 Å². The normalized spacial score (nSPS) is 10.1. The van der Waals surface area contributed by atoms with Gasteiger partial charge in [0.25, 0.3) is 0 Å². The SMILES string of the molecule is COC(=O)CNC(=O)CSc1nnc(Nc2ccc(OC)cc2)s1. The van der Waals surface area contributed by atoms with Crippen molar-refractivity contribution in [3.8, 4) is 5.75 Å². The smallest absolute Gasteiger partial charge is 0.325 e. The predicted octanol–water partition coefficient (Wildman–Crippen LogP) is 1.67. The molecule has 0 spiro atoms. The molecule has 0 radical (unpaired) electrons. The molecule has 128 valence electrons. The Morgan fingerprint density at radius 1 is 1.21 bits per heavy atom. The molecule has 10 heteroatoms. The second-order valence-electron chi connectivity index (χ2n) is 4.37. The molecule has 0 unspecified atom stereocenters. The van der Waals surface area contributed by atoms with Crippen LogP contribution in [0.2, 0.25) is 0 Å². The average molecular weight is 368 g/mol. The molecule has 0 aliphatic heterocycles. The molecule has 1 aromatic heterocycles. The number of thioether (sulfide) groups is 1. The van der Waals surface area contributed by atoms with Crippen LogP contribution in [0.4, 0.5) is 10.8 Å². The number of aromatic nitrogens is 2. The number of hydrogen-bond donors (Lipinski definition) is 2. The fourth-order valence-corrected chi connectivity index (χ4v) is 3.14. The van der Waals surface area contributed by atoms with E-state index in [-0.39, 0.29) is 18.2 Å². The topological polar surface area (TPSA) is 102 Å². The maximum Gasteiger partial charge on any atom is 0.325 e. The van der Waals surface area contributed by atoms with E-state index in [0.29, 0.717) is 9.47 Å². The first-order valence-electron chi connectivity index (χ1n) is 6.81. The number of benzene rings is 1.